The molecule has 2 aromatic carbocycles. The Hall–Kier alpha value is -1.87. The highest BCUT2D eigenvalue weighted by Gasteiger charge is 1.97. The minimum Gasteiger partial charge on any atom is -0.507 e. The molecule has 0 fully saturated rings. The SMILES string of the molecule is O=Cc1cc(Br)cc(/C=C/c2ccccc2O)c1. The first kappa shape index (κ1) is 12.6. The van der Waals surface area contributed by atoms with Crippen LogP contribution in [0.1, 0.15) is 21.5 Å². The largest absolute Gasteiger partial charge is 0.507 e. The van der Waals surface area contributed by atoms with Crippen molar-refractivity contribution in [3.63, 3.8) is 0 Å². The normalized spacial score (nSPS) is 10.7. The highest BCUT2D eigenvalue weighted by Crippen LogP contribution is 2.20. The maximum atomic E-state index is 10.8. The molecule has 18 heavy (non-hydrogen) atoms. The summed E-state index contributed by atoms with van der Waals surface area (Å²) in [6.07, 6.45) is 4.47. The molecule has 0 bridgehead atoms. The number of aldehydes is 1. The van der Waals surface area contributed by atoms with Crippen molar-refractivity contribution in [3.05, 3.63) is 63.6 Å². The van der Waals surface area contributed by atoms with Gasteiger partial charge >= 0.3 is 0 Å². The Kier molecular flexibility index (Phi) is 3.95. The number of benzene rings is 2. The van der Waals surface area contributed by atoms with Crippen molar-refractivity contribution < 1.29 is 9.90 Å². The first-order valence-corrected chi connectivity index (χ1v) is 6.20. The van der Waals surface area contributed by atoms with Crippen molar-refractivity contribution in [2.45, 2.75) is 0 Å². The van der Waals surface area contributed by atoms with Crippen LogP contribution in [0.25, 0.3) is 12.2 Å². The van der Waals surface area contributed by atoms with Crippen molar-refractivity contribution in [3.8, 4) is 5.75 Å². The highest BCUT2D eigenvalue weighted by molar-refractivity contribution is 9.10. The molecule has 0 heterocycles. The molecule has 0 aliphatic rings. The van der Waals surface area contributed by atoms with Crippen molar-refractivity contribution in [2.75, 3.05) is 0 Å². The molecule has 0 saturated heterocycles. The van der Waals surface area contributed by atoms with Gasteiger partial charge in [0.25, 0.3) is 0 Å². The van der Waals surface area contributed by atoms with E-state index >= 15 is 0 Å². The minimum atomic E-state index is 0.236. The van der Waals surface area contributed by atoms with E-state index in [0.29, 0.717) is 5.56 Å². The predicted molar refractivity (Wildman–Crippen MR) is 76.6 cm³/mol. The fraction of sp³-hybridized carbons (Fsp3) is 0. The Morgan fingerprint density at radius 2 is 1.72 bits per heavy atom. The van der Waals surface area contributed by atoms with Crippen LogP contribution in [0.15, 0.2) is 46.9 Å². The van der Waals surface area contributed by atoms with E-state index in [-0.39, 0.29) is 5.75 Å². The number of aromatic hydroxyl groups is 1. The predicted octanol–water partition coefficient (Wildman–Crippen LogP) is 4.14. The van der Waals surface area contributed by atoms with Gasteiger partial charge in [0, 0.05) is 15.6 Å². The lowest BCUT2D eigenvalue weighted by Crippen LogP contribution is -1.82. The second-order valence-corrected chi connectivity index (χ2v) is 4.74. The van der Waals surface area contributed by atoms with E-state index in [1.54, 1.807) is 24.3 Å². The molecule has 0 atom stereocenters. The number of halogens is 1. The number of phenolic OH excluding ortho intramolecular Hbond substituents is 1. The first-order valence-electron chi connectivity index (χ1n) is 5.41. The van der Waals surface area contributed by atoms with E-state index in [2.05, 4.69) is 15.9 Å². The molecule has 0 aliphatic carbocycles. The molecular formula is C15H11BrO2. The number of hydrogen-bond acceptors (Lipinski definition) is 2. The van der Waals surface area contributed by atoms with E-state index in [0.717, 1.165) is 21.9 Å². The van der Waals surface area contributed by atoms with E-state index in [4.69, 9.17) is 0 Å². The van der Waals surface area contributed by atoms with E-state index < -0.39 is 0 Å². The first-order chi connectivity index (χ1) is 8.69. The molecule has 0 unspecified atom stereocenters. The molecule has 3 heteroatoms. The van der Waals surface area contributed by atoms with E-state index in [1.165, 1.54) is 0 Å². The third kappa shape index (κ3) is 3.08. The molecule has 2 nitrogen and oxygen atoms in total. The van der Waals surface area contributed by atoms with Gasteiger partial charge in [0.05, 0.1) is 0 Å². The molecule has 1 N–H and O–H groups in total. The zero-order chi connectivity index (χ0) is 13.0. The van der Waals surface area contributed by atoms with Crippen LogP contribution in [-0.4, -0.2) is 11.4 Å². The van der Waals surface area contributed by atoms with Crippen LogP contribution in [0.2, 0.25) is 0 Å². The Morgan fingerprint density at radius 3 is 2.44 bits per heavy atom. The van der Waals surface area contributed by atoms with Crippen LogP contribution in [0.3, 0.4) is 0 Å². The summed E-state index contributed by atoms with van der Waals surface area (Å²) in [6, 6.07) is 12.5. The number of carbonyl (C=O) groups is 1. The molecule has 90 valence electrons. The molecule has 0 saturated carbocycles. The number of phenols is 1. The Morgan fingerprint density at radius 1 is 1.00 bits per heavy atom. The molecule has 0 spiro atoms. The highest BCUT2D eigenvalue weighted by atomic mass is 79.9. The van der Waals surface area contributed by atoms with Crippen molar-refractivity contribution in [1.29, 1.82) is 0 Å². The fourth-order valence-corrected chi connectivity index (χ4v) is 2.14. The van der Waals surface area contributed by atoms with Crippen LogP contribution < -0.4 is 0 Å². The third-order valence-corrected chi connectivity index (χ3v) is 2.93. The summed E-state index contributed by atoms with van der Waals surface area (Å²) in [6.45, 7) is 0. The minimum absolute atomic E-state index is 0.236. The van der Waals surface area contributed by atoms with Gasteiger partial charge in [-0.3, -0.25) is 4.79 Å². The topological polar surface area (TPSA) is 37.3 Å². The van der Waals surface area contributed by atoms with Gasteiger partial charge in [-0.2, -0.15) is 0 Å². The van der Waals surface area contributed by atoms with Gasteiger partial charge in [-0.1, -0.05) is 46.3 Å². The smallest absolute Gasteiger partial charge is 0.150 e. The average Bonchev–Trinajstić information content (AvgIpc) is 2.37. The molecule has 0 aromatic heterocycles. The Balaban J connectivity index is 2.31. The summed E-state index contributed by atoms with van der Waals surface area (Å²) in [5, 5.41) is 9.63. The van der Waals surface area contributed by atoms with Gasteiger partial charge in [0.1, 0.15) is 12.0 Å². The van der Waals surface area contributed by atoms with Crippen LogP contribution in [0, 0.1) is 0 Å². The summed E-state index contributed by atoms with van der Waals surface area (Å²) < 4.78 is 0.851. The van der Waals surface area contributed by atoms with Gasteiger partial charge in [0.2, 0.25) is 0 Å². The zero-order valence-electron chi connectivity index (χ0n) is 9.51. The summed E-state index contributed by atoms with van der Waals surface area (Å²) in [5.74, 6) is 0.236. The van der Waals surface area contributed by atoms with Crippen molar-refractivity contribution in [2.24, 2.45) is 0 Å². The maximum Gasteiger partial charge on any atom is 0.150 e. The third-order valence-electron chi connectivity index (χ3n) is 2.47. The number of carbonyl (C=O) groups excluding carboxylic acids is 1. The van der Waals surface area contributed by atoms with E-state index in [1.807, 2.05) is 30.4 Å². The fourth-order valence-electron chi connectivity index (χ4n) is 1.61. The number of rotatable bonds is 3. The van der Waals surface area contributed by atoms with Crippen LogP contribution in [0.5, 0.6) is 5.75 Å². The van der Waals surface area contributed by atoms with Gasteiger partial charge in [0.15, 0.2) is 0 Å². The summed E-state index contributed by atoms with van der Waals surface area (Å²) in [4.78, 5) is 10.8. The van der Waals surface area contributed by atoms with Crippen LogP contribution in [-0.2, 0) is 0 Å². The molecule has 2 aromatic rings. The summed E-state index contributed by atoms with van der Waals surface area (Å²) >= 11 is 3.35. The summed E-state index contributed by atoms with van der Waals surface area (Å²) in [7, 11) is 0. The average molecular weight is 303 g/mol. The van der Waals surface area contributed by atoms with Crippen LogP contribution in [0.4, 0.5) is 0 Å². The van der Waals surface area contributed by atoms with Gasteiger partial charge in [-0.05, 0) is 29.8 Å². The van der Waals surface area contributed by atoms with Gasteiger partial charge in [-0.15, -0.1) is 0 Å². The van der Waals surface area contributed by atoms with Crippen molar-refractivity contribution in [1.82, 2.24) is 0 Å². The van der Waals surface area contributed by atoms with E-state index in [9.17, 15) is 9.90 Å². The molecule has 0 radical (unpaired) electrons. The number of hydrogen-bond donors (Lipinski definition) is 1. The standard InChI is InChI=1S/C15H11BrO2/c16-14-8-11(7-12(9-14)10-17)5-6-13-3-1-2-4-15(13)18/h1-10,18H/b6-5+. The van der Waals surface area contributed by atoms with Gasteiger partial charge in [-0.25, -0.2) is 0 Å². The second kappa shape index (κ2) is 5.65. The molecule has 2 rings (SSSR count). The monoisotopic (exact) mass is 302 g/mol. The molecular weight excluding hydrogens is 292 g/mol. The number of para-hydroxylation sites is 1. The molecule has 0 aliphatic heterocycles. The Labute approximate surface area is 114 Å². The van der Waals surface area contributed by atoms with Crippen LogP contribution >= 0.6 is 15.9 Å². The quantitative estimate of drug-likeness (QED) is 0.683. The zero-order valence-corrected chi connectivity index (χ0v) is 11.1. The maximum absolute atomic E-state index is 10.8. The molecule has 0 amide bonds. The lowest BCUT2D eigenvalue weighted by Gasteiger charge is -2.00. The second-order valence-electron chi connectivity index (χ2n) is 3.83. The Bertz CT molecular complexity index is 603. The lowest BCUT2D eigenvalue weighted by atomic mass is 10.1. The van der Waals surface area contributed by atoms with Gasteiger partial charge < -0.3 is 5.11 Å². The summed E-state index contributed by atoms with van der Waals surface area (Å²) in [5.41, 5.74) is 2.25. The lowest BCUT2D eigenvalue weighted by molar-refractivity contribution is 0.112. The van der Waals surface area contributed by atoms with Crippen molar-refractivity contribution >= 4 is 34.4 Å².